The van der Waals surface area contributed by atoms with Crippen molar-refractivity contribution in [2.24, 2.45) is 5.92 Å². The number of hydrogen-bond donors (Lipinski definition) is 1. The monoisotopic (exact) mass is 254 g/mol. The summed E-state index contributed by atoms with van der Waals surface area (Å²) in [6.07, 6.45) is 3.42. The number of hydrogen-bond acceptors (Lipinski definition) is 3. The summed E-state index contributed by atoms with van der Waals surface area (Å²) in [6.45, 7) is 5.64. The van der Waals surface area contributed by atoms with E-state index in [4.69, 9.17) is 5.11 Å². The zero-order valence-electron chi connectivity index (χ0n) is 11.0. The van der Waals surface area contributed by atoms with Crippen molar-refractivity contribution in [2.45, 2.75) is 38.6 Å². The van der Waals surface area contributed by atoms with Crippen LogP contribution in [0.3, 0.4) is 0 Å². The van der Waals surface area contributed by atoms with Crippen molar-refractivity contribution in [3.63, 3.8) is 0 Å². The molecule has 5 nitrogen and oxygen atoms in total. The Labute approximate surface area is 108 Å². The number of aliphatic carboxylic acids is 1. The topological polar surface area (TPSA) is 60.9 Å². The van der Waals surface area contributed by atoms with Gasteiger partial charge in [0.1, 0.15) is 0 Å². The second-order valence-corrected chi connectivity index (χ2v) is 5.38. The van der Waals surface area contributed by atoms with Crippen molar-refractivity contribution in [1.82, 2.24) is 9.80 Å². The molecule has 5 heteroatoms. The smallest absolute Gasteiger partial charge is 0.308 e. The van der Waals surface area contributed by atoms with Crippen LogP contribution in [0.15, 0.2) is 0 Å². The first kappa shape index (κ1) is 13.3. The third-order valence-electron chi connectivity index (χ3n) is 3.97. The summed E-state index contributed by atoms with van der Waals surface area (Å²) in [7, 11) is 0. The summed E-state index contributed by atoms with van der Waals surface area (Å²) in [5, 5.41) is 8.99. The molecule has 2 fully saturated rings. The second-order valence-electron chi connectivity index (χ2n) is 5.38. The molecule has 2 rings (SSSR count). The summed E-state index contributed by atoms with van der Waals surface area (Å²) in [6, 6.07) is 0.224. The minimum atomic E-state index is -0.841. The SMILES string of the molecule is CCCN1CCCC(N2CC(C(=O)O)CC2=O)C1. The van der Waals surface area contributed by atoms with Crippen molar-refractivity contribution in [3.8, 4) is 0 Å². The molecule has 0 aliphatic carbocycles. The number of amides is 1. The van der Waals surface area contributed by atoms with Crippen LogP contribution in [-0.2, 0) is 9.59 Å². The number of rotatable bonds is 4. The van der Waals surface area contributed by atoms with E-state index in [9.17, 15) is 9.59 Å². The Morgan fingerprint density at radius 2 is 2.22 bits per heavy atom. The number of likely N-dealkylation sites (tertiary alicyclic amines) is 2. The summed E-state index contributed by atoms with van der Waals surface area (Å²) < 4.78 is 0. The predicted octanol–water partition coefficient (Wildman–Crippen LogP) is 0.794. The van der Waals surface area contributed by atoms with Crippen molar-refractivity contribution in [2.75, 3.05) is 26.2 Å². The molecule has 18 heavy (non-hydrogen) atoms. The van der Waals surface area contributed by atoms with Crippen molar-refractivity contribution >= 4 is 11.9 Å². The molecule has 0 aromatic carbocycles. The minimum Gasteiger partial charge on any atom is -0.481 e. The van der Waals surface area contributed by atoms with Crippen LogP contribution in [0.25, 0.3) is 0 Å². The Hall–Kier alpha value is -1.10. The maximum Gasteiger partial charge on any atom is 0.308 e. The van der Waals surface area contributed by atoms with Crippen LogP contribution in [0.2, 0.25) is 0 Å². The Morgan fingerprint density at radius 3 is 2.83 bits per heavy atom. The van der Waals surface area contributed by atoms with E-state index in [1.54, 1.807) is 4.90 Å². The van der Waals surface area contributed by atoms with Gasteiger partial charge < -0.3 is 14.9 Å². The molecule has 2 aliphatic heterocycles. The molecule has 0 bridgehead atoms. The third-order valence-corrected chi connectivity index (χ3v) is 3.97. The molecule has 2 heterocycles. The zero-order valence-corrected chi connectivity index (χ0v) is 11.0. The van der Waals surface area contributed by atoms with Gasteiger partial charge >= 0.3 is 5.97 Å². The van der Waals surface area contributed by atoms with Crippen LogP contribution in [0.4, 0.5) is 0 Å². The lowest BCUT2D eigenvalue weighted by Crippen LogP contribution is -2.48. The van der Waals surface area contributed by atoms with E-state index >= 15 is 0 Å². The number of carboxylic acids is 1. The molecule has 2 atom stereocenters. The van der Waals surface area contributed by atoms with Gasteiger partial charge in [-0.15, -0.1) is 0 Å². The third kappa shape index (κ3) is 2.83. The van der Waals surface area contributed by atoms with Crippen LogP contribution in [-0.4, -0.2) is 59.0 Å². The van der Waals surface area contributed by atoms with Crippen LogP contribution in [0.1, 0.15) is 32.6 Å². The van der Waals surface area contributed by atoms with Crippen LogP contribution in [0.5, 0.6) is 0 Å². The van der Waals surface area contributed by atoms with Crippen LogP contribution < -0.4 is 0 Å². The van der Waals surface area contributed by atoms with Gasteiger partial charge in [0.05, 0.1) is 5.92 Å². The normalized spacial score (nSPS) is 29.8. The van der Waals surface area contributed by atoms with Gasteiger partial charge in [0, 0.05) is 25.6 Å². The van der Waals surface area contributed by atoms with Gasteiger partial charge in [-0.25, -0.2) is 0 Å². The lowest BCUT2D eigenvalue weighted by Gasteiger charge is -2.37. The molecule has 1 amide bonds. The maximum absolute atomic E-state index is 11.9. The summed E-state index contributed by atoms with van der Waals surface area (Å²) in [5.41, 5.74) is 0. The molecule has 2 saturated heterocycles. The van der Waals surface area contributed by atoms with Gasteiger partial charge in [-0.2, -0.15) is 0 Å². The lowest BCUT2D eigenvalue weighted by atomic mass is 10.0. The fraction of sp³-hybridized carbons (Fsp3) is 0.846. The van der Waals surface area contributed by atoms with Gasteiger partial charge in [0.2, 0.25) is 5.91 Å². The standard InChI is InChI=1S/C13H22N2O3/c1-2-5-14-6-3-4-11(9-14)15-8-10(13(17)18)7-12(15)16/h10-11H,2-9H2,1H3,(H,17,18). The quantitative estimate of drug-likeness (QED) is 0.806. The fourth-order valence-electron chi connectivity index (χ4n) is 3.05. The maximum atomic E-state index is 11.9. The second kappa shape index (κ2) is 5.69. The van der Waals surface area contributed by atoms with Gasteiger partial charge in [-0.1, -0.05) is 6.92 Å². The first-order valence-electron chi connectivity index (χ1n) is 6.86. The number of carbonyl (C=O) groups excluding carboxylic acids is 1. The molecule has 2 unspecified atom stereocenters. The largest absolute Gasteiger partial charge is 0.481 e. The highest BCUT2D eigenvalue weighted by Gasteiger charge is 2.38. The van der Waals surface area contributed by atoms with E-state index in [0.29, 0.717) is 6.54 Å². The summed E-state index contributed by atoms with van der Waals surface area (Å²) in [4.78, 5) is 27.0. The summed E-state index contributed by atoms with van der Waals surface area (Å²) >= 11 is 0. The van der Waals surface area contributed by atoms with Crippen molar-refractivity contribution in [1.29, 1.82) is 0 Å². The first-order chi connectivity index (χ1) is 8.61. The minimum absolute atomic E-state index is 0.0192. The molecule has 2 aliphatic rings. The fourth-order valence-corrected chi connectivity index (χ4v) is 3.05. The molecule has 1 N–H and O–H groups in total. The lowest BCUT2D eigenvalue weighted by molar-refractivity contribution is -0.141. The van der Waals surface area contributed by atoms with E-state index in [-0.39, 0.29) is 18.4 Å². The van der Waals surface area contributed by atoms with Gasteiger partial charge in [0.15, 0.2) is 0 Å². The molecular formula is C13H22N2O3. The van der Waals surface area contributed by atoms with Gasteiger partial charge in [-0.05, 0) is 32.4 Å². The summed E-state index contributed by atoms with van der Waals surface area (Å²) in [5.74, 6) is -1.32. The van der Waals surface area contributed by atoms with Crippen LogP contribution >= 0.6 is 0 Å². The molecule has 0 radical (unpaired) electrons. The van der Waals surface area contributed by atoms with Crippen molar-refractivity contribution < 1.29 is 14.7 Å². The average Bonchev–Trinajstić information content (AvgIpc) is 2.72. The molecule has 0 aromatic rings. The zero-order chi connectivity index (χ0) is 13.1. The number of piperidine rings is 1. The molecule has 0 aromatic heterocycles. The highest BCUT2D eigenvalue weighted by atomic mass is 16.4. The average molecular weight is 254 g/mol. The van der Waals surface area contributed by atoms with E-state index < -0.39 is 11.9 Å². The number of carboxylic acid groups (broad SMARTS) is 1. The van der Waals surface area contributed by atoms with E-state index in [1.807, 2.05) is 0 Å². The highest BCUT2D eigenvalue weighted by Crippen LogP contribution is 2.25. The van der Waals surface area contributed by atoms with E-state index in [1.165, 1.54) is 0 Å². The molecule has 102 valence electrons. The highest BCUT2D eigenvalue weighted by molar-refractivity contribution is 5.86. The Balaban J connectivity index is 1.94. The van der Waals surface area contributed by atoms with E-state index in [0.717, 1.165) is 38.9 Å². The Morgan fingerprint density at radius 1 is 1.44 bits per heavy atom. The number of carbonyl (C=O) groups is 2. The molecule has 0 saturated carbocycles. The predicted molar refractivity (Wildman–Crippen MR) is 67.2 cm³/mol. The van der Waals surface area contributed by atoms with Gasteiger partial charge in [-0.3, -0.25) is 9.59 Å². The van der Waals surface area contributed by atoms with E-state index in [2.05, 4.69) is 11.8 Å². The molecular weight excluding hydrogens is 232 g/mol. The van der Waals surface area contributed by atoms with Crippen molar-refractivity contribution in [3.05, 3.63) is 0 Å². The Kier molecular flexibility index (Phi) is 4.22. The first-order valence-corrected chi connectivity index (χ1v) is 6.86. The number of nitrogens with zero attached hydrogens (tertiary/aromatic N) is 2. The molecule has 0 spiro atoms. The van der Waals surface area contributed by atoms with Gasteiger partial charge in [0.25, 0.3) is 0 Å². The Bertz CT molecular complexity index is 330. The van der Waals surface area contributed by atoms with Crippen LogP contribution in [0, 0.1) is 5.92 Å².